The summed E-state index contributed by atoms with van der Waals surface area (Å²) in [5.74, 6) is 1.45. The lowest BCUT2D eigenvalue weighted by Crippen LogP contribution is -2.32. The van der Waals surface area contributed by atoms with Gasteiger partial charge in [0.05, 0.1) is 12.1 Å². The standard InChI is InChI=1S/C29H37N3O4/c1-5-31(6-2)12-8-7-9-27(33)32(17-22-10-11-25-26(15-22)36-19-35-25)18-24-16-23-14-20(3)13-21(4)28(23)30-29(24)34/h10-11,13-16H,5-9,12,17-19H2,1-4H3,(H,30,34). The van der Waals surface area contributed by atoms with Crippen LogP contribution in [0.3, 0.4) is 0 Å². The summed E-state index contributed by atoms with van der Waals surface area (Å²) in [4.78, 5) is 33.6. The summed E-state index contributed by atoms with van der Waals surface area (Å²) in [6.45, 7) is 12.2. The normalized spacial score (nSPS) is 12.5. The summed E-state index contributed by atoms with van der Waals surface area (Å²) >= 11 is 0. The van der Waals surface area contributed by atoms with Crippen molar-refractivity contribution in [1.29, 1.82) is 0 Å². The van der Waals surface area contributed by atoms with Gasteiger partial charge in [0.25, 0.3) is 5.56 Å². The molecule has 0 aliphatic carbocycles. The number of carbonyl (C=O) groups excluding carboxylic acids is 1. The quantitative estimate of drug-likeness (QED) is 0.386. The number of pyridine rings is 1. The van der Waals surface area contributed by atoms with Gasteiger partial charge >= 0.3 is 0 Å². The Balaban J connectivity index is 1.55. The molecule has 0 bridgehead atoms. The summed E-state index contributed by atoms with van der Waals surface area (Å²) in [5, 5.41) is 0.983. The second-order valence-corrected chi connectivity index (χ2v) is 9.59. The van der Waals surface area contributed by atoms with Crippen LogP contribution < -0.4 is 15.0 Å². The van der Waals surface area contributed by atoms with Gasteiger partial charge in [0.1, 0.15) is 0 Å². The Kier molecular flexibility index (Phi) is 8.31. The fourth-order valence-corrected chi connectivity index (χ4v) is 4.86. The van der Waals surface area contributed by atoms with Crippen molar-refractivity contribution in [2.75, 3.05) is 26.4 Å². The van der Waals surface area contributed by atoms with E-state index in [1.165, 1.54) is 0 Å². The number of aromatic nitrogens is 1. The monoisotopic (exact) mass is 491 g/mol. The largest absolute Gasteiger partial charge is 0.454 e. The van der Waals surface area contributed by atoms with Crippen LogP contribution in [0.4, 0.5) is 0 Å². The summed E-state index contributed by atoms with van der Waals surface area (Å²) in [6, 6.07) is 11.8. The SMILES string of the molecule is CCN(CC)CCCCC(=O)N(Cc1ccc2c(c1)OCO2)Cc1cc2cc(C)cc(C)c2[nH]c1=O. The Morgan fingerprint density at radius 3 is 2.53 bits per heavy atom. The molecule has 0 radical (unpaired) electrons. The van der Waals surface area contributed by atoms with Gasteiger partial charge in [0.2, 0.25) is 12.7 Å². The lowest BCUT2D eigenvalue weighted by atomic mass is 10.0. The zero-order chi connectivity index (χ0) is 25.7. The maximum Gasteiger partial charge on any atom is 0.253 e. The highest BCUT2D eigenvalue weighted by Gasteiger charge is 2.19. The first-order valence-electron chi connectivity index (χ1n) is 12.9. The first-order chi connectivity index (χ1) is 17.4. The molecule has 0 saturated carbocycles. The first kappa shape index (κ1) is 25.8. The molecular formula is C29H37N3O4. The number of carbonyl (C=O) groups is 1. The predicted molar refractivity (Wildman–Crippen MR) is 143 cm³/mol. The van der Waals surface area contributed by atoms with E-state index in [1.807, 2.05) is 38.1 Å². The summed E-state index contributed by atoms with van der Waals surface area (Å²) < 4.78 is 11.0. The van der Waals surface area contributed by atoms with E-state index in [9.17, 15) is 9.59 Å². The molecule has 7 heteroatoms. The number of rotatable bonds is 11. The van der Waals surface area contributed by atoms with Crippen LogP contribution in [0.1, 0.15) is 55.4 Å². The van der Waals surface area contributed by atoms with Crippen LogP contribution in [0.2, 0.25) is 0 Å². The molecule has 2 aromatic carbocycles. The van der Waals surface area contributed by atoms with Gasteiger partial charge in [-0.3, -0.25) is 9.59 Å². The van der Waals surface area contributed by atoms with Gasteiger partial charge in [0.15, 0.2) is 11.5 Å². The summed E-state index contributed by atoms with van der Waals surface area (Å²) in [7, 11) is 0. The van der Waals surface area contributed by atoms with E-state index in [1.54, 1.807) is 4.90 Å². The molecule has 2 heterocycles. The van der Waals surface area contributed by atoms with Gasteiger partial charge in [0, 0.05) is 18.5 Å². The minimum absolute atomic E-state index is 0.0483. The van der Waals surface area contributed by atoms with Crippen LogP contribution >= 0.6 is 0 Å². The topological polar surface area (TPSA) is 74.9 Å². The van der Waals surface area contributed by atoms with Gasteiger partial charge in [-0.15, -0.1) is 0 Å². The number of unbranched alkanes of at least 4 members (excludes halogenated alkanes) is 1. The van der Waals surface area contributed by atoms with E-state index in [0.717, 1.165) is 60.1 Å². The number of nitrogens with one attached hydrogen (secondary N) is 1. The number of aromatic amines is 1. The number of aryl methyl sites for hydroxylation is 2. The zero-order valence-electron chi connectivity index (χ0n) is 21.9. The van der Waals surface area contributed by atoms with Crippen molar-refractivity contribution in [1.82, 2.24) is 14.8 Å². The van der Waals surface area contributed by atoms with Gasteiger partial charge in [-0.1, -0.05) is 31.5 Å². The summed E-state index contributed by atoms with van der Waals surface area (Å²) in [6.07, 6.45) is 2.25. The Bertz CT molecular complexity index is 1280. The highest BCUT2D eigenvalue weighted by atomic mass is 16.7. The molecule has 1 aromatic heterocycles. The third kappa shape index (κ3) is 6.08. The molecule has 0 atom stereocenters. The number of hydrogen-bond donors (Lipinski definition) is 1. The first-order valence-corrected chi connectivity index (χ1v) is 12.9. The van der Waals surface area contributed by atoms with Crippen molar-refractivity contribution in [2.45, 2.75) is 60.0 Å². The molecule has 4 rings (SSSR count). The highest BCUT2D eigenvalue weighted by molar-refractivity contribution is 5.83. The van der Waals surface area contributed by atoms with Crippen molar-refractivity contribution >= 4 is 16.8 Å². The molecule has 1 amide bonds. The Morgan fingerprint density at radius 1 is 0.972 bits per heavy atom. The Hall–Kier alpha value is -3.32. The fourth-order valence-electron chi connectivity index (χ4n) is 4.86. The van der Waals surface area contributed by atoms with Crippen molar-refractivity contribution in [3.05, 3.63) is 69.0 Å². The molecule has 1 N–H and O–H groups in total. The maximum absolute atomic E-state index is 13.4. The third-order valence-electron chi connectivity index (χ3n) is 6.90. The molecule has 7 nitrogen and oxygen atoms in total. The van der Waals surface area contributed by atoms with Crippen molar-refractivity contribution in [3.63, 3.8) is 0 Å². The fraction of sp³-hybridized carbons (Fsp3) is 0.448. The minimum atomic E-state index is -0.153. The second kappa shape index (κ2) is 11.6. The minimum Gasteiger partial charge on any atom is -0.454 e. The van der Waals surface area contributed by atoms with E-state index >= 15 is 0 Å². The number of H-pyrrole nitrogens is 1. The van der Waals surface area contributed by atoms with Crippen molar-refractivity contribution < 1.29 is 14.3 Å². The molecular weight excluding hydrogens is 454 g/mol. The van der Waals surface area contributed by atoms with Crippen LogP contribution in [-0.4, -0.2) is 47.1 Å². The van der Waals surface area contributed by atoms with Crippen LogP contribution in [0.25, 0.3) is 10.9 Å². The number of ether oxygens (including phenoxy) is 2. The Morgan fingerprint density at radius 2 is 1.75 bits per heavy atom. The molecule has 192 valence electrons. The van der Waals surface area contributed by atoms with E-state index in [0.29, 0.717) is 30.0 Å². The highest BCUT2D eigenvalue weighted by Crippen LogP contribution is 2.33. The number of fused-ring (bicyclic) bond motifs is 2. The number of amides is 1. The van der Waals surface area contributed by atoms with E-state index < -0.39 is 0 Å². The second-order valence-electron chi connectivity index (χ2n) is 9.59. The molecule has 1 aliphatic rings. The van der Waals surface area contributed by atoms with Crippen LogP contribution in [0, 0.1) is 13.8 Å². The molecule has 36 heavy (non-hydrogen) atoms. The molecule has 3 aromatic rings. The third-order valence-corrected chi connectivity index (χ3v) is 6.90. The van der Waals surface area contributed by atoms with Crippen LogP contribution in [-0.2, 0) is 17.9 Å². The maximum atomic E-state index is 13.4. The van der Waals surface area contributed by atoms with E-state index in [-0.39, 0.29) is 24.8 Å². The van der Waals surface area contributed by atoms with Gasteiger partial charge in [-0.2, -0.15) is 0 Å². The lowest BCUT2D eigenvalue weighted by molar-refractivity contribution is -0.132. The average molecular weight is 492 g/mol. The van der Waals surface area contributed by atoms with Crippen LogP contribution in [0.15, 0.2) is 41.2 Å². The lowest BCUT2D eigenvalue weighted by Gasteiger charge is -2.24. The molecule has 1 aliphatic heterocycles. The zero-order valence-corrected chi connectivity index (χ0v) is 21.9. The van der Waals surface area contributed by atoms with Gasteiger partial charge < -0.3 is 24.3 Å². The smallest absolute Gasteiger partial charge is 0.253 e. The molecule has 0 unspecified atom stereocenters. The molecule has 0 fully saturated rings. The predicted octanol–water partition coefficient (Wildman–Crippen LogP) is 4.91. The van der Waals surface area contributed by atoms with Crippen LogP contribution in [0.5, 0.6) is 11.5 Å². The number of benzene rings is 2. The van der Waals surface area contributed by atoms with Gasteiger partial charge in [-0.25, -0.2) is 0 Å². The van der Waals surface area contributed by atoms with Crippen molar-refractivity contribution in [3.8, 4) is 11.5 Å². The number of nitrogens with zero attached hydrogens (tertiary/aromatic N) is 2. The number of hydrogen-bond acceptors (Lipinski definition) is 5. The van der Waals surface area contributed by atoms with Crippen molar-refractivity contribution in [2.24, 2.45) is 0 Å². The average Bonchev–Trinajstić information content (AvgIpc) is 3.32. The van der Waals surface area contributed by atoms with E-state index in [4.69, 9.17) is 9.47 Å². The Labute approximate surface area is 213 Å². The summed E-state index contributed by atoms with van der Waals surface area (Å²) in [5.41, 5.74) is 4.40. The molecule has 0 saturated heterocycles. The molecule has 0 spiro atoms. The van der Waals surface area contributed by atoms with Gasteiger partial charge in [-0.05, 0) is 87.1 Å². The van der Waals surface area contributed by atoms with E-state index in [2.05, 4.69) is 35.9 Å².